The summed E-state index contributed by atoms with van der Waals surface area (Å²) in [5, 5.41) is 8.67. The van der Waals surface area contributed by atoms with Crippen LogP contribution in [0, 0.1) is 6.92 Å². The highest BCUT2D eigenvalue weighted by molar-refractivity contribution is 5.77. The lowest BCUT2D eigenvalue weighted by Crippen LogP contribution is -2.27. The van der Waals surface area contributed by atoms with Gasteiger partial charge in [0.15, 0.2) is 0 Å². The standard InChI is InChI=1S/C14H18N6O2/c1-8-9-4-2-3-5-10(9)17-12(16-8)7-15-13(21)6-11-18-14(22)20-19-11/h2-7H2,1H3,(H,15,21)(H2,18,19,20,22). The maximum absolute atomic E-state index is 11.8. The number of nitrogens with zero attached hydrogens (tertiary/aromatic N) is 3. The molecule has 1 amide bonds. The summed E-state index contributed by atoms with van der Waals surface area (Å²) in [6, 6.07) is 0. The first kappa shape index (κ1) is 14.4. The number of H-pyrrole nitrogens is 2. The molecule has 3 N–H and O–H groups in total. The number of rotatable bonds is 4. The van der Waals surface area contributed by atoms with E-state index in [0.29, 0.717) is 11.6 Å². The van der Waals surface area contributed by atoms with E-state index in [4.69, 9.17) is 0 Å². The van der Waals surface area contributed by atoms with Crippen molar-refractivity contribution in [2.24, 2.45) is 0 Å². The summed E-state index contributed by atoms with van der Waals surface area (Å²) in [6.45, 7) is 2.27. The van der Waals surface area contributed by atoms with E-state index >= 15 is 0 Å². The Morgan fingerprint density at radius 3 is 2.86 bits per heavy atom. The van der Waals surface area contributed by atoms with Crippen LogP contribution < -0.4 is 11.0 Å². The molecule has 0 unspecified atom stereocenters. The number of carbonyl (C=O) groups is 1. The fraction of sp³-hybridized carbons (Fsp3) is 0.500. The number of hydrogen-bond acceptors (Lipinski definition) is 5. The molecule has 22 heavy (non-hydrogen) atoms. The van der Waals surface area contributed by atoms with Crippen LogP contribution >= 0.6 is 0 Å². The van der Waals surface area contributed by atoms with Crippen molar-refractivity contribution >= 4 is 5.91 Å². The van der Waals surface area contributed by atoms with E-state index in [1.165, 1.54) is 12.0 Å². The Morgan fingerprint density at radius 2 is 2.09 bits per heavy atom. The SMILES string of the molecule is Cc1nc(CNC(=O)Cc2n[nH]c(=O)[nH]2)nc2c1CCCC2. The Labute approximate surface area is 126 Å². The Morgan fingerprint density at radius 1 is 1.27 bits per heavy atom. The minimum atomic E-state index is -0.420. The van der Waals surface area contributed by atoms with Crippen molar-refractivity contribution in [3.63, 3.8) is 0 Å². The molecule has 8 nitrogen and oxygen atoms in total. The largest absolute Gasteiger partial charge is 0.348 e. The van der Waals surface area contributed by atoms with E-state index in [0.717, 1.165) is 30.7 Å². The van der Waals surface area contributed by atoms with Crippen LogP contribution in [0.5, 0.6) is 0 Å². The van der Waals surface area contributed by atoms with Crippen LogP contribution in [0.3, 0.4) is 0 Å². The van der Waals surface area contributed by atoms with E-state index < -0.39 is 5.69 Å². The van der Waals surface area contributed by atoms with Crippen molar-refractivity contribution in [1.82, 2.24) is 30.5 Å². The molecule has 0 aromatic carbocycles. The van der Waals surface area contributed by atoms with Crippen molar-refractivity contribution in [2.45, 2.75) is 45.6 Å². The third-order valence-corrected chi connectivity index (χ3v) is 3.76. The van der Waals surface area contributed by atoms with Crippen LogP contribution in [0.4, 0.5) is 0 Å². The maximum Gasteiger partial charge on any atom is 0.340 e. The lowest BCUT2D eigenvalue weighted by molar-refractivity contribution is -0.120. The van der Waals surface area contributed by atoms with Gasteiger partial charge >= 0.3 is 5.69 Å². The fourth-order valence-electron chi connectivity index (χ4n) is 2.70. The molecule has 116 valence electrons. The van der Waals surface area contributed by atoms with Gasteiger partial charge in [0.05, 0.1) is 13.0 Å². The molecule has 1 aliphatic carbocycles. The normalized spacial score (nSPS) is 13.7. The van der Waals surface area contributed by atoms with Crippen molar-refractivity contribution in [3.8, 4) is 0 Å². The van der Waals surface area contributed by atoms with Gasteiger partial charge in [-0.15, -0.1) is 0 Å². The number of aryl methyl sites for hydroxylation is 2. The average Bonchev–Trinajstić information content (AvgIpc) is 2.90. The zero-order chi connectivity index (χ0) is 15.5. The Hall–Kier alpha value is -2.51. The molecule has 0 saturated heterocycles. The van der Waals surface area contributed by atoms with Crippen molar-refractivity contribution in [1.29, 1.82) is 0 Å². The van der Waals surface area contributed by atoms with Crippen molar-refractivity contribution in [3.05, 3.63) is 39.1 Å². The summed E-state index contributed by atoms with van der Waals surface area (Å²) >= 11 is 0. The summed E-state index contributed by atoms with van der Waals surface area (Å²) in [5.41, 5.74) is 2.96. The van der Waals surface area contributed by atoms with Crippen LogP contribution in [0.2, 0.25) is 0 Å². The molecule has 0 saturated carbocycles. The molecule has 3 rings (SSSR count). The monoisotopic (exact) mass is 302 g/mol. The first-order chi connectivity index (χ1) is 10.6. The zero-order valence-corrected chi connectivity index (χ0v) is 12.4. The van der Waals surface area contributed by atoms with Crippen LogP contribution in [-0.2, 0) is 30.6 Å². The number of carbonyl (C=O) groups excluding carboxylic acids is 1. The van der Waals surface area contributed by atoms with E-state index in [2.05, 4.69) is 30.5 Å². The Bertz CT molecular complexity index is 748. The smallest absolute Gasteiger partial charge is 0.340 e. The van der Waals surface area contributed by atoms with Gasteiger partial charge in [0.25, 0.3) is 0 Å². The second kappa shape index (κ2) is 6.08. The minimum absolute atomic E-state index is 0.0165. The molecule has 0 spiro atoms. The molecular weight excluding hydrogens is 284 g/mol. The number of aromatic amines is 2. The molecule has 2 heterocycles. The minimum Gasteiger partial charge on any atom is -0.348 e. The van der Waals surface area contributed by atoms with Gasteiger partial charge in [0.2, 0.25) is 5.91 Å². The lowest BCUT2D eigenvalue weighted by atomic mass is 9.95. The van der Waals surface area contributed by atoms with E-state index in [9.17, 15) is 9.59 Å². The summed E-state index contributed by atoms with van der Waals surface area (Å²) in [5.74, 6) is 0.703. The van der Waals surface area contributed by atoms with E-state index in [1.54, 1.807) is 0 Å². The molecule has 2 aromatic heterocycles. The summed E-state index contributed by atoms with van der Waals surface area (Å²) in [7, 11) is 0. The molecule has 0 atom stereocenters. The molecule has 0 bridgehead atoms. The van der Waals surface area contributed by atoms with Crippen LogP contribution in [-0.4, -0.2) is 31.1 Å². The molecule has 2 aromatic rings. The van der Waals surface area contributed by atoms with Gasteiger partial charge in [-0.05, 0) is 38.2 Å². The highest BCUT2D eigenvalue weighted by Gasteiger charge is 2.16. The number of aromatic nitrogens is 5. The van der Waals surface area contributed by atoms with Crippen LogP contribution in [0.1, 0.15) is 41.4 Å². The van der Waals surface area contributed by atoms with Crippen molar-refractivity contribution < 1.29 is 4.79 Å². The van der Waals surface area contributed by atoms with Gasteiger partial charge in [-0.3, -0.25) is 9.78 Å². The van der Waals surface area contributed by atoms with Gasteiger partial charge in [0.1, 0.15) is 11.6 Å². The summed E-state index contributed by atoms with van der Waals surface area (Å²) in [6.07, 6.45) is 4.38. The molecule has 8 heteroatoms. The van der Waals surface area contributed by atoms with E-state index in [-0.39, 0.29) is 18.9 Å². The van der Waals surface area contributed by atoms with E-state index in [1.807, 2.05) is 6.92 Å². The maximum atomic E-state index is 11.8. The molecule has 0 aliphatic heterocycles. The molecule has 0 fully saturated rings. The highest BCUT2D eigenvalue weighted by Crippen LogP contribution is 2.21. The van der Waals surface area contributed by atoms with Gasteiger partial charge in [-0.1, -0.05) is 0 Å². The zero-order valence-electron chi connectivity index (χ0n) is 12.4. The number of fused-ring (bicyclic) bond motifs is 1. The van der Waals surface area contributed by atoms with Crippen LogP contribution in [0.15, 0.2) is 4.79 Å². The topological polar surface area (TPSA) is 116 Å². The lowest BCUT2D eigenvalue weighted by Gasteiger charge is -2.17. The van der Waals surface area contributed by atoms with Gasteiger partial charge in [-0.25, -0.2) is 19.9 Å². The molecular formula is C14H18N6O2. The molecule has 1 aliphatic rings. The predicted octanol–water partition coefficient (Wildman–Crippen LogP) is -0.0659. The summed E-state index contributed by atoms with van der Waals surface area (Å²) < 4.78 is 0. The van der Waals surface area contributed by atoms with Crippen LogP contribution in [0.25, 0.3) is 0 Å². The summed E-state index contributed by atoms with van der Waals surface area (Å²) in [4.78, 5) is 34.2. The number of nitrogens with one attached hydrogen (secondary N) is 3. The van der Waals surface area contributed by atoms with Crippen molar-refractivity contribution in [2.75, 3.05) is 0 Å². The number of hydrogen-bond donors (Lipinski definition) is 3. The highest BCUT2D eigenvalue weighted by atomic mass is 16.2. The quantitative estimate of drug-likeness (QED) is 0.731. The Balaban J connectivity index is 1.62. The first-order valence-electron chi connectivity index (χ1n) is 7.37. The van der Waals surface area contributed by atoms with Gasteiger partial charge in [0, 0.05) is 11.4 Å². The first-order valence-corrected chi connectivity index (χ1v) is 7.37. The fourth-order valence-corrected chi connectivity index (χ4v) is 2.70. The second-order valence-electron chi connectivity index (χ2n) is 5.44. The average molecular weight is 302 g/mol. The molecule has 0 radical (unpaired) electrons. The second-order valence-corrected chi connectivity index (χ2v) is 5.44. The van der Waals surface area contributed by atoms with Gasteiger partial charge < -0.3 is 5.32 Å². The third-order valence-electron chi connectivity index (χ3n) is 3.76. The Kier molecular flexibility index (Phi) is 3.99. The third kappa shape index (κ3) is 3.21. The number of amides is 1. The predicted molar refractivity (Wildman–Crippen MR) is 78.2 cm³/mol. The van der Waals surface area contributed by atoms with Gasteiger partial charge in [-0.2, -0.15) is 5.10 Å².